The molecular weight excluding hydrogens is 394 g/mol. The van der Waals surface area contributed by atoms with E-state index in [2.05, 4.69) is 34.9 Å². The number of carbonyl (C=O) groups excluding carboxylic acids is 1. The number of likely N-dealkylation sites (tertiary alicyclic amines) is 1. The van der Waals surface area contributed by atoms with Crippen LogP contribution in [0.25, 0.3) is 0 Å². The zero-order valence-corrected chi connectivity index (χ0v) is 18.9. The normalized spacial score (nSPS) is 19.7. The summed E-state index contributed by atoms with van der Waals surface area (Å²) in [6, 6.07) is 14.3. The maximum absolute atomic E-state index is 13.0. The molecule has 0 amide bonds. The summed E-state index contributed by atoms with van der Waals surface area (Å²) in [5.74, 6) is 5.84. The second kappa shape index (κ2) is 9.78. The molecule has 0 bridgehead atoms. The Morgan fingerprint density at radius 1 is 1.27 bits per heavy atom. The average Bonchev–Trinajstić information content (AvgIpc) is 3.14. The molecule has 0 saturated carbocycles. The van der Waals surface area contributed by atoms with Crippen molar-refractivity contribution in [2.45, 2.75) is 52.2 Å². The van der Waals surface area contributed by atoms with E-state index < -0.39 is 11.0 Å². The highest BCUT2D eigenvalue weighted by Crippen LogP contribution is 2.36. The van der Waals surface area contributed by atoms with Gasteiger partial charge >= 0.3 is 5.97 Å². The minimum Gasteiger partial charge on any atom is -0.466 e. The van der Waals surface area contributed by atoms with Gasteiger partial charge in [0.1, 0.15) is 5.60 Å². The van der Waals surface area contributed by atoms with Crippen LogP contribution in [0.15, 0.2) is 42.5 Å². The lowest BCUT2D eigenvalue weighted by molar-refractivity contribution is -0.159. The molecule has 5 heteroatoms. The number of rotatable bonds is 6. The summed E-state index contributed by atoms with van der Waals surface area (Å²) in [7, 11) is 0. The Labute approximate surface area is 183 Å². The molecule has 1 aliphatic heterocycles. The molecule has 1 fully saturated rings. The van der Waals surface area contributed by atoms with Gasteiger partial charge in [0.05, 0.1) is 16.9 Å². The molecule has 160 valence electrons. The minimum absolute atomic E-state index is 0.0820. The van der Waals surface area contributed by atoms with Gasteiger partial charge in [-0.3, -0.25) is 9.69 Å². The van der Waals surface area contributed by atoms with Crippen molar-refractivity contribution in [3.63, 3.8) is 0 Å². The molecule has 0 spiro atoms. The minimum atomic E-state index is -0.992. The van der Waals surface area contributed by atoms with Crippen LogP contribution in [0, 0.1) is 17.3 Å². The third-order valence-corrected chi connectivity index (χ3v) is 6.27. The van der Waals surface area contributed by atoms with Gasteiger partial charge in [-0.05, 0) is 64.3 Å². The average molecular weight is 426 g/mol. The molecule has 3 rings (SSSR count). The molecule has 0 unspecified atom stereocenters. The third kappa shape index (κ3) is 6.18. The Balaban J connectivity index is 1.74. The third-order valence-electron chi connectivity index (χ3n) is 5.28. The molecule has 1 aliphatic rings. The fraction of sp³-hybridized carbons (Fsp3) is 0.480. The number of hydrogen-bond acceptors (Lipinski definition) is 5. The second-order valence-electron chi connectivity index (χ2n) is 8.55. The van der Waals surface area contributed by atoms with E-state index in [1.165, 1.54) is 10.4 Å². The van der Waals surface area contributed by atoms with E-state index >= 15 is 0 Å². The maximum Gasteiger partial charge on any atom is 0.313 e. The Bertz CT molecular complexity index is 904. The number of ether oxygens (including phenoxy) is 1. The van der Waals surface area contributed by atoms with E-state index in [1.807, 2.05) is 31.2 Å². The van der Waals surface area contributed by atoms with Gasteiger partial charge in [-0.1, -0.05) is 42.2 Å². The SMILES string of the molecule is CCOC(=O)[C@@]1(Cc2ccccc2)CCCN(Cc2ccc(C#CC(C)(C)O)s2)C1. The predicted octanol–water partition coefficient (Wildman–Crippen LogP) is 4.26. The first kappa shape index (κ1) is 22.6. The summed E-state index contributed by atoms with van der Waals surface area (Å²) in [6.07, 6.45) is 2.53. The molecule has 1 atom stereocenters. The molecule has 0 aliphatic carbocycles. The second-order valence-corrected chi connectivity index (χ2v) is 9.72. The highest BCUT2D eigenvalue weighted by atomic mass is 32.1. The lowest BCUT2D eigenvalue weighted by atomic mass is 9.75. The smallest absolute Gasteiger partial charge is 0.313 e. The fourth-order valence-corrected chi connectivity index (χ4v) is 4.88. The number of benzene rings is 1. The van der Waals surface area contributed by atoms with Crippen LogP contribution in [0.3, 0.4) is 0 Å². The molecule has 1 aromatic carbocycles. The van der Waals surface area contributed by atoms with E-state index in [9.17, 15) is 9.90 Å². The van der Waals surface area contributed by atoms with Crippen molar-refractivity contribution in [2.75, 3.05) is 19.7 Å². The predicted molar refractivity (Wildman–Crippen MR) is 121 cm³/mol. The van der Waals surface area contributed by atoms with E-state index in [1.54, 1.807) is 25.2 Å². The van der Waals surface area contributed by atoms with Gasteiger partial charge in [-0.15, -0.1) is 11.3 Å². The summed E-state index contributed by atoms with van der Waals surface area (Å²) < 4.78 is 5.52. The highest BCUT2D eigenvalue weighted by molar-refractivity contribution is 7.12. The molecule has 4 nitrogen and oxygen atoms in total. The Morgan fingerprint density at radius 2 is 2.03 bits per heavy atom. The maximum atomic E-state index is 13.0. The van der Waals surface area contributed by atoms with Crippen LogP contribution >= 0.6 is 11.3 Å². The lowest BCUT2D eigenvalue weighted by Gasteiger charge is -2.41. The largest absolute Gasteiger partial charge is 0.466 e. The van der Waals surface area contributed by atoms with Gasteiger partial charge in [0.15, 0.2) is 0 Å². The number of nitrogens with zero attached hydrogens (tertiary/aromatic N) is 1. The molecule has 2 aromatic rings. The van der Waals surface area contributed by atoms with Crippen molar-refractivity contribution in [3.05, 3.63) is 57.8 Å². The number of carbonyl (C=O) groups is 1. The number of esters is 1. The van der Waals surface area contributed by atoms with Crippen molar-refractivity contribution in [1.29, 1.82) is 0 Å². The van der Waals surface area contributed by atoms with Crippen LogP contribution in [0.4, 0.5) is 0 Å². The first-order chi connectivity index (χ1) is 14.3. The molecule has 0 radical (unpaired) electrons. The zero-order valence-electron chi connectivity index (χ0n) is 18.1. The summed E-state index contributed by atoms with van der Waals surface area (Å²) in [4.78, 5) is 17.5. The van der Waals surface area contributed by atoms with Crippen LogP contribution in [0.1, 0.15) is 48.9 Å². The number of piperidine rings is 1. The molecule has 1 N–H and O–H groups in total. The quantitative estimate of drug-likeness (QED) is 0.555. The first-order valence-electron chi connectivity index (χ1n) is 10.6. The van der Waals surface area contributed by atoms with Crippen LogP contribution in [-0.4, -0.2) is 41.3 Å². The highest BCUT2D eigenvalue weighted by Gasteiger charge is 2.43. The van der Waals surface area contributed by atoms with E-state index in [4.69, 9.17) is 4.74 Å². The summed E-state index contributed by atoms with van der Waals surface area (Å²) in [6.45, 7) is 8.11. The number of aliphatic hydroxyl groups is 1. The summed E-state index contributed by atoms with van der Waals surface area (Å²) in [5, 5.41) is 9.80. The molecule has 2 heterocycles. The van der Waals surface area contributed by atoms with Crippen LogP contribution < -0.4 is 0 Å². The Morgan fingerprint density at radius 3 is 2.73 bits per heavy atom. The fourth-order valence-electron chi connectivity index (χ4n) is 3.98. The summed E-state index contributed by atoms with van der Waals surface area (Å²) in [5.41, 5.74) is -0.322. The van der Waals surface area contributed by atoms with Gasteiger partial charge in [0.2, 0.25) is 0 Å². The monoisotopic (exact) mass is 425 g/mol. The summed E-state index contributed by atoms with van der Waals surface area (Å²) >= 11 is 1.65. The Kier molecular flexibility index (Phi) is 7.36. The number of hydrogen-bond donors (Lipinski definition) is 1. The van der Waals surface area contributed by atoms with Crippen LogP contribution in [0.5, 0.6) is 0 Å². The molecule has 1 saturated heterocycles. The van der Waals surface area contributed by atoms with Crippen LogP contribution in [0.2, 0.25) is 0 Å². The topological polar surface area (TPSA) is 49.8 Å². The van der Waals surface area contributed by atoms with Crippen molar-refractivity contribution >= 4 is 17.3 Å². The molecule has 30 heavy (non-hydrogen) atoms. The van der Waals surface area contributed by atoms with Gasteiger partial charge in [0, 0.05) is 18.0 Å². The van der Waals surface area contributed by atoms with Gasteiger partial charge in [0.25, 0.3) is 0 Å². The van der Waals surface area contributed by atoms with Gasteiger partial charge in [-0.25, -0.2) is 0 Å². The lowest BCUT2D eigenvalue weighted by Crippen LogP contribution is -2.49. The first-order valence-corrected chi connectivity index (χ1v) is 11.4. The standard InChI is InChI=1S/C25H31NO3S/c1-4-29-23(27)25(17-20-9-6-5-7-10-20)14-8-16-26(19-25)18-22-12-11-21(30-22)13-15-24(2,3)28/h5-7,9-12,28H,4,8,14,16-19H2,1-3H3/t25-/m1/s1. The van der Waals surface area contributed by atoms with Crippen molar-refractivity contribution < 1.29 is 14.6 Å². The molecular formula is C25H31NO3S. The molecule has 1 aromatic heterocycles. The van der Waals surface area contributed by atoms with E-state index in [-0.39, 0.29) is 5.97 Å². The van der Waals surface area contributed by atoms with Gasteiger partial charge < -0.3 is 9.84 Å². The van der Waals surface area contributed by atoms with E-state index in [0.717, 1.165) is 30.8 Å². The van der Waals surface area contributed by atoms with Crippen molar-refractivity contribution in [1.82, 2.24) is 4.90 Å². The van der Waals surface area contributed by atoms with E-state index in [0.29, 0.717) is 19.6 Å². The van der Waals surface area contributed by atoms with Crippen molar-refractivity contribution in [2.24, 2.45) is 5.41 Å². The van der Waals surface area contributed by atoms with Gasteiger partial charge in [-0.2, -0.15) is 0 Å². The van der Waals surface area contributed by atoms with Crippen molar-refractivity contribution in [3.8, 4) is 11.8 Å². The van der Waals surface area contributed by atoms with Crippen LogP contribution in [-0.2, 0) is 22.5 Å². The number of thiophene rings is 1. The Hall–Kier alpha value is -2.13. The zero-order chi connectivity index (χ0) is 21.6.